The van der Waals surface area contributed by atoms with E-state index in [1.54, 1.807) is 0 Å². The molecule has 0 bridgehead atoms. The predicted molar refractivity (Wildman–Crippen MR) is 243 cm³/mol. The lowest BCUT2D eigenvalue weighted by atomic mass is 9.33. The molecular weight excluding hydrogens is 699 g/mol. The summed E-state index contributed by atoms with van der Waals surface area (Å²) in [5.41, 5.74) is 29.0. The molecule has 58 heavy (non-hydrogen) atoms. The summed E-state index contributed by atoms with van der Waals surface area (Å²) in [6.07, 6.45) is 0. The zero-order valence-corrected chi connectivity index (χ0v) is 32.9. The fourth-order valence-corrected chi connectivity index (χ4v) is 12.3. The van der Waals surface area contributed by atoms with Gasteiger partial charge in [-0.3, -0.25) is 0 Å². The van der Waals surface area contributed by atoms with E-state index in [0.717, 1.165) is 0 Å². The summed E-state index contributed by atoms with van der Waals surface area (Å²) >= 11 is 0. The van der Waals surface area contributed by atoms with E-state index in [-0.39, 0.29) is 6.71 Å². The first-order valence-corrected chi connectivity index (χ1v) is 20.7. The quantitative estimate of drug-likeness (QED) is 0.156. The first kappa shape index (κ1) is 31.3. The predicted octanol–water partition coefficient (Wildman–Crippen LogP) is 11.1. The van der Waals surface area contributed by atoms with Gasteiger partial charge < -0.3 is 9.13 Å². The third kappa shape index (κ3) is 3.36. The van der Waals surface area contributed by atoms with Crippen molar-refractivity contribution in [1.82, 2.24) is 9.13 Å². The zero-order valence-electron chi connectivity index (χ0n) is 32.9. The summed E-state index contributed by atoms with van der Waals surface area (Å²) < 4.78 is 5.39. The zero-order chi connectivity index (χ0) is 38.3. The van der Waals surface area contributed by atoms with Gasteiger partial charge in [0.2, 0.25) is 0 Å². The van der Waals surface area contributed by atoms with Gasteiger partial charge in [0, 0.05) is 44.1 Å². The van der Waals surface area contributed by atoms with Crippen molar-refractivity contribution in [2.45, 2.75) is 33.1 Å². The van der Waals surface area contributed by atoms with Gasteiger partial charge in [0.05, 0.1) is 16.6 Å². The number of hydrogen-bond donors (Lipinski definition) is 0. The molecule has 8 aromatic carbocycles. The van der Waals surface area contributed by atoms with Gasteiger partial charge in [0.1, 0.15) is 0 Å². The largest absolute Gasteiger partial charge is 0.310 e. The van der Waals surface area contributed by atoms with Gasteiger partial charge in [-0.05, 0) is 106 Å². The molecule has 1 aliphatic carbocycles. The summed E-state index contributed by atoms with van der Waals surface area (Å²) in [6, 6.07) is 58.7. The highest BCUT2D eigenvalue weighted by Gasteiger charge is 2.54. The van der Waals surface area contributed by atoms with Crippen LogP contribution in [0.3, 0.4) is 0 Å². The number of hydrogen-bond acceptors (Lipinski definition) is 0. The number of aryl methyl sites for hydroxylation is 4. The Labute approximate surface area is 337 Å². The molecule has 0 amide bonds. The Morgan fingerprint density at radius 3 is 1.76 bits per heavy atom. The van der Waals surface area contributed by atoms with Crippen molar-refractivity contribution >= 4 is 55.8 Å². The van der Waals surface area contributed by atoms with Crippen LogP contribution in [0.5, 0.6) is 0 Å². The number of aromatic nitrogens is 2. The number of para-hydroxylation sites is 1. The smallest absolute Gasteiger partial charge is 0.252 e. The molecule has 0 saturated carbocycles. The standard InChI is InChI=1S/C55H37BN2/c1-30-16-22-34(23-17-30)48-38-12-9-15-43-51(38)57(50(48)35-24-18-31(2)19-25-35)45-29-27-42-53-49(45)56(43)44-28-21-33(4)47-46-32(3)20-26-41(52(46)58(53)54(44)47)55(42)39-13-7-5-10-36(39)37-11-6-8-14-40(37)55/h5-29H,1-4H3. The molecule has 14 rings (SSSR count). The maximum Gasteiger partial charge on any atom is 0.252 e. The highest BCUT2D eigenvalue weighted by Crippen LogP contribution is 2.62. The van der Waals surface area contributed by atoms with Gasteiger partial charge in [0.15, 0.2) is 0 Å². The second-order valence-electron chi connectivity index (χ2n) is 17.4. The van der Waals surface area contributed by atoms with E-state index in [9.17, 15) is 0 Å². The van der Waals surface area contributed by atoms with Gasteiger partial charge in [-0.15, -0.1) is 0 Å². The Bertz CT molecular complexity index is 3490. The minimum Gasteiger partial charge on any atom is -0.310 e. The van der Waals surface area contributed by atoms with Crippen molar-refractivity contribution < 1.29 is 0 Å². The van der Waals surface area contributed by atoms with Crippen LogP contribution < -0.4 is 16.4 Å². The molecule has 0 atom stereocenters. The second-order valence-corrected chi connectivity index (χ2v) is 17.4. The highest BCUT2D eigenvalue weighted by atomic mass is 15.1. The molecule has 4 aliphatic rings. The first-order chi connectivity index (χ1) is 28.5. The molecule has 3 aliphatic heterocycles. The monoisotopic (exact) mass is 736 g/mol. The topological polar surface area (TPSA) is 9.86 Å². The van der Waals surface area contributed by atoms with Crippen molar-refractivity contribution in [2.24, 2.45) is 0 Å². The minimum atomic E-state index is -0.473. The van der Waals surface area contributed by atoms with E-state index in [4.69, 9.17) is 0 Å². The molecular formula is C55H37BN2. The number of benzene rings is 8. The van der Waals surface area contributed by atoms with Crippen molar-refractivity contribution in [3.8, 4) is 44.9 Å². The summed E-state index contributed by atoms with van der Waals surface area (Å²) in [7, 11) is 0. The van der Waals surface area contributed by atoms with Crippen LogP contribution in [-0.2, 0) is 5.41 Å². The van der Waals surface area contributed by atoms with E-state index in [1.165, 1.54) is 138 Å². The highest BCUT2D eigenvalue weighted by molar-refractivity contribution is 7.00. The van der Waals surface area contributed by atoms with Gasteiger partial charge >= 0.3 is 0 Å². The van der Waals surface area contributed by atoms with Crippen LogP contribution in [0.1, 0.15) is 44.5 Å². The second kappa shape index (κ2) is 10.4. The summed E-state index contributed by atoms with van der Waals surface area (Å²) in [5, 5.41) is 4.11. The molecule has 0 saturated heterocycles. The molecule has 0 radical (unpaired) electrons. The maximum atomic E-state index is 2.73. The third-order valence-corrected chi connectivity index (χ3v) is 14.5. The summed E-state index contributed by atoms with van der Waals surface area (Å²) in [4.78, 5) is 0. The molecule has 3 heteroatoms. The molecule has 2 nitrogen and oxygen atoms in total. The Kier molecular flexibility index (Phi) is 5.59. The SMILES string of the molecule is Cc1ccc(-c2c(-c3ccc(C)cc3)n3c4c(cccc24)B2c4c-3ccc3c4-n4c5c2ccc(C)c5c2c(C)ccc(c24)C32c3ccccc3-c3ccccc32)cc1. The first-order valence-electron chi connectivity index (χ1n) is 20.7. The molecule has 270 valence electrons. The molecule has 0 fully saturated rings. The van der Waals surface area contributed by atoms with Crippen LogP contribution >= 0.6 is 0 Å². The lowest BCUT2D eigenvalue weighted by Gasteiger charge is -2.44. The van der Waals surface area contributed by atoms with Crippen LogP contribution in [0.15, 0.2) is 152 Å². The minimum absolute atomic E-state index is 0.0681. The molecule has 10 aromatic rings. The van der Waals surface area contributed by atoms with Gasteiger partial charge in [-0.2, -0.15) is 0 Å². The Balaban J connectivity index is 1.24. The fraction of sp³-hybridized carbons (Fsp3) is 0.0909. The molecule has 2 aromatic heterocycles. The molecule has 5 heterocycles. The number of nitrogens with zero attached hydrogens (tertiary/aromatic N) is 2. The Hall–Kier alpha value is -6.84. The lowest BCUT2D eigenvalue weighted by Crippen LogP contribution is -2.60. The number of rotatable bonds is 2. The van der Waals surface area contributed by atoms with Crippen molar-refractivity contribution in [3.05, 3.63) is 196 Å². The normalized spacial score (nSPS) is 14.3. The average Bonchev–Trinajstić information content (AvgIpc) is 3.90. The van der Waals surface area contributed by atoms with E-state index in [1.807, 2.05) is 0 Å². The lowest BCUT2D eigenvalue weighted by molar-refractivity contribution is 0.749. The summed E-state index contributed by atoms with van der Waals surface area (Å²) in [6.45, 7) is 9.09. The molecule has 1 spiro atoms. The van der Waals surface area contributed by atoms with E-state index < -0.39 is 5.41 Å². The number of fused-ring (bicyclic) bond motifs is 11. The fourth-order valence-electron chi connectivity index (χ4n) is 12.3. The van der Waals surface area contributed by atoms with Gasteiger partial charge in [-0.1, -0.05) is 157 Å². The van der Waals surface area contributed by atoms with Crippen molar-refractivity contribution in [1.29, 1.82) is 0 Å². The van der Waals surface area contributed by atoms with E-state index in [0.29, 0.717) is 0 Å². The Morgan fingerprint density at radius 1 is 0.448 bits per heavy atom. The van der Waals surface area contributed by atoms with E-state index in [2.05, 4.69) is 188 Å². The van der Waals surface area contributed by atoms with Crippen LogP contribution in [0.25, 0.3) is 77.6 Å². The molecule has 0 N–H and O–H groups in total. The van der Waals surface area contributed by atoms with Crippen LogP contribution in [0.4, 0.5) is 0 Å². The van der Waals surface area contributed by atoms with Crippen LogP contribution in [-0.4, -0.2) is 15.8 Å². The van der Waals surface area contributed by atoms with Crippen LogP contribution in [0.2, 0.25) is 0 Å². The Morgan fingerprint density at radius 2 is 1.05 bits per heavy atom. The van der Waals surface area contributed by atoms with Gasteiger partial charge in [0.25, 0.3) is 6.71 Å². The van der Waals surface area contributed by atoms with E-state index >= 15 is 0 Å². The van der Waals surface area contributed by atoms with Crippen LogP contribution in [0, 0.1) is 27.7 Å². The maximum absolute atomic E-state index is 2.73. The van der Waals surface area contributed by atoms with Gasteiger partial charge in [-0.25, -0.2) is 0 Å². The summed E-state index contributed by atoms with van der Waals surface area (Å²) in [5.74, 6) is 0. The average molecular weight is 737 g/mol. The molecule has 0 unspecified atom stereocenters. The third-order valence-electron chi connectivity index (χ3n) is 14.5. The van der Waals surface area contributed by atoms with Crippen molar-refractivity contribution in [2.75, 3.05) is 0 Å². The van der Waals surface area contributed by atoms with Crippen molar-refractivity contribution in [3.63, 3.8) is 0 Å².